The van der Waals surface area contributed by atoms with E-state index in [0.717, 1.165) is 45.2 Å². The summed E-state index contributed by atoms with van der Waals surface area (Å²) < 4.78 is 5.42. The molecule has 2 amide bonds. The van der Waals surface area contributed by atoms with Crippen molar-refractivity contribution in [3.8, 4) is 0 Å². The third-order valence-electron chi connectivity index (χ3n) is 4.74. The smallest absolute Gasteiger partial charge is 0.245 e. The highest BCUT2D eigenvalue weighted by Crippen LogP contribution is 2.22. The quantitative estimate of drug-likeness (QED) is 0.781. The minimum atomic E-state index is -0.289. The number of amides is 2. The largest absolute Gasteiger partial charge is 0.380 e. The Balaban J connectivity index is 2.09. The summed E-state index contributed by atoms with van der Waals surface area (Å²) in [4.78, 5) is 29.0. The highest BCUT2D eigenvalue weighted by molar-refractivity contribution is 5.88. The first-order chi connectivity index (χ1) is 10.5. The van der Waals surface area contributed by atoms with Crippen molar-refractivity contribution in [3.63, 3.8) is 0 Å². The number of piperidine rings is 2. The molecule has 0 aromatic heterocycles. The van der Waals surface area contributed by atoms with Crippen LogP contribution >= 0.6 is 0 Å². The zero-order valence-electron chi connectivity index (χ0n) is 14.2. The van der Waals surface area contributed by atoms with Crippen LogP contribution in [0.2, 0.25) is 0 Å². The van der Waals surface area contributed by atoms with E-state index in [-0.39, 0.29) is 24.0 Å². The maximum atomic E-state index is 13.0. The molecule has 5 heteroatoms. The van der Waals surface area contributed by atoms with E-state index in [0.29, 0.717) is 18.9 Å². The topological polar surface area (TPSA) is 49.9 Å². The van der Waals surface area contributed by atoms with Gasteiger partial charge in [0.25, 0.3) is 0 Å². The average Bonchev–Trinajstić information content (AvgIpc) is 2.52. The van der Waals surface area contributed by atoms with Crippen LogP contribution in [0.25, 0.3) is 0 Å². The lowest BCUT2D eigenvalue weighted by Crippen LogP contribution is -2.55. The summed E-state index contributed by atoms with van der Waals surface area (Å²) in [6.07, 6.45) is 5.42. The van der Waals surface area contributed by atoms with Crippen molar-refractivity contribution in [3.05, 3.63) is 0 Å². The normalized spacial score (nSPS) is 24.7. The van der Waals surface area contributed by atoms with Crippen molar-refractivity contribution in [2.45, 2.75) is 64.5 Å². The van der Waals surface area contributed by atoms with Crippen LogP contribution < -0.4 is 0 Å². The van der Waals surface area contributed by atoms with Gasteiger partial charge in [-0.3, -0.25) is 9.59 Å². The molecule has 2 saturated heterocycles. The van der Waals surface area contributed by atoms with Gasteiger partial charge in [0.2, 0.25) is 11.8 Å². The van der Waals surface area contributed by atoms with E-state index in [1.54, 1.807) is 7.11 Å². The number of rotatable bonds is 5. The number of methoxy groups -OCH3 is 1. The summed E-state index contributed by atoms with van der Waals surface area (Å²) >= 11 is 0. The van der Waals surface area contributed by atoms with Crippen LogP contribution in [0.15, 0.2) is 0 Å². The van der Waals surface area contributed by atoms with Crippen molar-refractivity contribution in [1.82, 2.24) is 9.80 Å². The molecule has 2 aliphatic heterocycles. The minimum Gasteiger partial charge on any atom is -0.380 e. The van der Waals surface area contributed by atoms with Crippen LogP contribution in [0.5, 0.6) is 0 Å². The first-order valence-electron chi connectivity index (χ1n) is 8.64. The Kier molecular flexibility index (Phi) is 6.24. The predicted octanol–water partition coefficient (Wildman–Crippen LogP) is 2.05. The van der Waals surface area contributed by atoms with Crippen LogP contribution in [-0.2, 0) is 14.3 Å². The lowest BCUT2D eigenvalue weighted by molar-refractivity contribution is -0.150. The Hall–Kier alpha value is -1.10. The molecular weight excluding hydrogens is 280 g/mol. The Morgan fingerprint density at radius 2 is 2.05 bits per heavy atom. The van der Waals surface area contributed by atoms with Gasteiger partial charge in [-0.2, -0.15) is 0 Å². The van der Waals surface area contributed by atoms with Crippen LogP contribution in [-0.4, -0.2) is 60.5 Å². The first kappa shape index (κ1) is 17.3. The fourth-order valence-corrected chi connectivity index (χ4v) is 3.51. The van der Waals surface area contributed by atoms with Gasteiger partial charge in [-0.15, -0.1) is 0 Å². The van der Waals surface area contributed by atoms with Crippen molar-refractivity contribution >= 4 is 11.8 Å². The number of hydrogen-bond acceptors (Lipinski definition) is 3. The molecule has 0 spiro atoms. The van der Waals surface area contributed by atoms with E-state index in [9.17, 15) is 9.59 Å². The third kappa shape index (κ3) is 4.22. The van der Waals surface area contributed by atoms with Crippen molar-refractivity contribution in [2.75, 3.05) is 26.7 Å². The Morgan fingerprint density at radius 3 is 2.68 bits per heavy atom. The molecular formula is C17H30N2O3. The molecule has 0 radical (unpaired) electrons. The second-order valence-corrected chi connectivity index (χ2v) is 6.97. The van der Waals surface area contributed by atoms with Crippen LogP contribution in [0.1, 0.15) is 52.4 Å². The van der Waals surface area contributed by atoms with Crippen LogP contribution in [0, 0.1) is 5.92 Å². The second-order valence-electron chi connectivity index (χ2n) is 6.97. The molecule has 2 rings (SSSR count). The molecule has 0 aliphatic carbocycles. The Bertz CT molecular complexity index is 397. The molecule has 0 aromatic carbocycles. The van der Waals surface area contributed by atoms with E-state index >= 15 is 0 Å². The first-order valence-corrected chi connectivity index (χ1v) is 8.64. The maximum Gasteiger partial charge on any atom is 0.245 e. The number of likely N-dealkylation sites (tertiary alicyclic amines) is 2. The minimum absolute atomic E-state index is 0.116. The molecule has 2 atom stereocenters. The monoisotopic (exact) mass is 310 g/mol. The highest BCUT2D eigenvalue weighted by atomic mass is 16.5. The summed E-state index contributed by atoms with van der Waals surface area (Å²) in [6.45, 7) is 6.40. The second kappa shape index (κ2) is 7.95. The van der Waals surface area contributed by atoms with E-state index < -0.39 is 0 Å². The van der Waals surface area contributed by atoms with Gasteiger partial charge >= 0.3 is 0 Å². The molecule has 0 unspecified atom stereocenters. The van der Waals surface area contributed by atoms with E-state index in [4.69, 9.17) is 4.74 Å². The van der Waals surface area contributed by atoms with E-state index in [1.165, 1.54) is 0 Å². The van der Waals surface area contributed by atoms with E-state index in [1.807, 2.05) is 9.80 Å². The zero-order valence-corrected chi connectivity index (χ0v) is 14.2. The maximum absolute atomic E-state index is 13.0. The Labute approximate surface area is 134 Å². The molecule has 0 N–H and O–H groups in total. The number of ether oxygens (including phenoxy) is 1. The molecule has 0 bridgehead atoms. The van der Waals surface area contributed by atoms with Crippen molar-refractivity contribution in [1.29, 1.82) is 0 Å². The van der Waals surface area contributed by atoms with Crippen molar-refractivity contribution in [2.24, 2.45) is 5.92 Å². The highest BCUT2D eigenvalue weighted by Gasteiger charge is 2.35. The molecule has 2 heterocycles. The van der Waals surface area contributed by atoms with Crippen LogP contribution in [0.4, 0.5) is 0 Å². The summed E-state index contributed by atoms with van der Waals surface area (Å²) in [6, 6.07) is -0.289. The van der Waals surface area contributed by atoms with Gasteiger partial charge in [0, 0.05) is 33.2 Å². The number of carbonyl (C=O) groups is 2. The summed E-state index contributed by atoms with van der Waals surface area (Å²) in [7, 11) is 1.71. The molecule has 2 aliphatic rings. The molecule has 5 nitrogen and oxygen atoms in total. The van der Waals surface area contributed by atoms with Gasteiger partial charge < -0.3 is 14.5 Å². The fourth-order valence-electron chi connectivity index (χ4n) is 3.51. The lowest BCUT2D eigenvalue weighted by Gasteiger charge is -2.40. The summed E-state index contributed by atoms with van der Waals surface area (Å²) in [5.74, 6) is 0.656. The number of carbonyl (C=O) groups excluding carboxylic acids is 2. The van der Waals surface area contributed by atoms with Crippen molar-refractivity contribution < 1.29 is 14.3 Å². The number of hydrogen-bond donors (Lipinski definition) is 0. The number of nitrogens with zero attached hydrogens (tertiary/aromatic N) is 2. The van der Waals surface area contributed by atoms with E-state index in [2.05, 4.69) is 13.8 Å². The van der Waals surface area contributed by atoms with Crippen LogP contribution in [0.3, 0.4) is 0 Å². The average molecular weight is 310 g/mol. The molecule has 0 saturated carbocycles. The zero-order chi connectivity index (χ0) is 16.1. The SMILES string of the molecule is CO[C@H]1CCCN(C(=O)[C@H](CC(C)C)N2CCCCC2=O)C1. The predicted molar refractivity (Wildman–Crippen MR) is 85.4 cm³/mol. The molecule has 0 aromatic rings. The van der Waals surface area contributed by atoms with Gasteiger partial charge in [-0.25, -0.2) is 0 Å². The summed E-state index contributed by atoms with van der Waals surface area (Å²) in [5.41, 5.74) is 0. The lowest BCUT2D eigenvalue weighted by atomic mass is 9.97. The molecule has 126 valence electrons. The van der Waals surface area contributed by atoms with Gasteiger partial charge in [-0.05, 0) is 38.0 Å². The molecule has 2 fully saturated rings. The molecule has 22 heavy (non-hydrogen) atoms. The Morgan fingerprint density at radius 1 is 1.27 bits per heavy atom. The third-order valence-corrected chi connectivity index (χ3v) is 4.74. The summed E-state index contributed by atoms with van der Waals surface area (Å²) in [5, 5.41) is 0. The fraction of sp³-hybridized carbons (Fsp3) is 0.882. The van der Waals surface area contributed by atoms with Gasteiger partial charge in [-0.1, -0.05) is 13.8 Å². The van der Waals surface area contributed by atoms with Gasteiger partial charge in [0.05, 0.1) is 6.10 Å². The van der Waals surface area contributed by atoms with Gasteiger partial charge in [0.1, 0.15) is 6.04 Å². The standard InChI is InChI=1S/C17H30N2O3/c1-13(2)11-15(19-10-5-4-8-16(19)20)17(21)18-9-6-7-14(12-18)22-3/h13-15H,4-12H2,1-3H3/t14-,15-/m0/s1. The van der Waals surface area contributed by atoms with Gasteiger partial charge in [0.15, 0.2) is 0 Å².